The van der Waals surface area contributed by atoms with Gasteiger partial charge in [-0.3, -0.25) is 4.79 Å². The Bertz CT molecular complexity index is 1060. The molecule has 27 heavy (non-hydrogen) atoms. The smallest absolute Gasteiger partial charge is 0.336 e. The number of carbonyl (C=O) groups is 1. The molecule has 140 valence electrons. The standard InChI is InChI=1S/C20H18ClNO5/c1-11-8-19(23)27-18-10-14(5-6-15(11)18)26-12(2)20(24)22-16-9-13(21)4-7-17(16)25-3/h4-10,12H,1-3H3,(H,22,24). The average molecular weight is 388 g/mol. The van der Waals surface area contributed by atoms with E-state index in [1.165, 1.54) is 13.2 Å². The van der Waals surface area contributed by atoms with Gasteiger partial charge in [0, 0.05) is 22.5 Å². The van der Waals surface area contributed by atoms with Gasteiger partial charge < -0.3 is 19.2 Å². The Morgan fingerprint density at radius 2 is 1.96 bits per heavy atom. The molecule has 3 rings (SSSR count). The van der Waals surface area contributed by atoms with Gasteiger partial charge in [-0.15, -0.1) is 0 Å². The fraction of sp³-hybridized carbons (Fsp3) is 0.200. The molecule has 0 saturated heterocycles. The average Bonchev–Trinajstić information content (AvgIpc) is 2.61. The highest BCUT2D eigenvalue weighted by Crippen LogP contribution is 2.28. The molecule has 6 nitrogen and oxygen atoms in total. The van der Waals surface area contributed by atoms with Crippen molar-refractivity contribution >= 4 is 34.2 Å². The Balaban J connectivity index is 1.78. The number of amides is 1. The zero-order chi connectivity index (χ0) is 19.6. The van der Waals surface area contributed by atoms with Gasteiger partial charge in [0.1, 0.15) is 17.1 Å². The van der Waals surface area contributed by atoms with E-state index in [4.69, 9.17) is 25.5 Å². The van der Waals surface area contributed by atoms with E-state index in [1.807, 2.05) is 6.92 Å². The van der Waals surface area contributed by atoms with Gasteiger partial charge in [-0.05, 0) is 49.7 Å². The van der Waals surface area contributed by atoms with Gasteiger partial charge in [-0.2, -0.15) is 0 Å². The maximum Gasteiger partial charge on any atom is 0.336 e. The van der Waals surface area contributed by atoms with E-state index in [1.54, 1.807) is 43.3 Å². The molecule has 0 radical (unpaired) electrons. The molecule has 0 fully saturated rings. The Kier molecular flexibility index (Phi) is 5.37. The maximum atomic E-state index is 12.5. The van der Waals surface area contributed by atoms with Crippen molar-refractivity contribution in [2.24, 2.45) is 0 Å². The largest absolute Gasteiger partial charge is 0.495 e. The SMILES string of the molecule is COc1ccc(Cl)cc1NC(=O)C(C)Oc1ccc2c(C)cc(=O)oc2c1. The lowest BCUT2D eigenvalue weighted by Crippen LogP contribution is -2.30. The number of fused-ring (bicyclic) bond motifs is 1. The molecule has 0 bridgehead atoms. The van der Waals surface area contributed by atoms with Crippen molar-refractivity contribution in [1.82, 2.24) is 0 Å². The lowest BCUT2D eigenvalue weighted by molar-refractivity contribution is -0.122. The first-order valence-electron chi connectivity index (χ1n) is 8.23. The van der Waals surface area contributed by atoms with E-state index in [0.29, 0.717) is 27.8 Å². The van der Waals surface area contributed by atoms with Crippen LogP contribution >= 0.6 is 11.6 Å². The topological polar surface area (TPSA) is 77.8 Å². The number of anilines is 1. The molecule has 0 saturated carbocycles. The minimum absolute atomic E-state index is 0.374. The van der Waals surface area contributed by atoms with Crippen molar-refractivity contribution in [3.05, 3.63) is 63.5 Å². The Morgan fingerprint density at radius 3 is 2.70 bits per heavy atom. The molecule has 0 aliphatic carbocycles. The second kappa shape index (κ2) is 7.72. The van der Waals surface area contributed by atoms with Crippen LogP contribution in [0.25, 0.3) is 11.0 Å². The van der Waals surface area contributed by atoms with Crippen LogP contribution in [0, 0.1) is 6.92 Å². The van der Waals surface area contributed by atoms with Crippen molar-refractivity contribution in [1.29, 1.82) is 0 Å². The van der Waals surface area contributed by atoms with Gasteiger partial charge >= 0.3 is 5.63 Å². The van der Waals surface area contributed by atoms with Crippen LogP contribution in [0.15, 0.2) is 51.7 Å². The number of rotatable bonds is 5. The second-order valence-corrected chi connectivity index (χ2v) is 6.44. The quantitative estimate of drug-likeness (QED) is 0.665. The first-order valence-corrected chi connectivity index (χ1v) is 8.61. The lowest BCUT2D eigenvalue weighted by atomic mass is 10.1. The van der Waals surface area contributed by atoms with E-state index in [9.17, 15) is 9.59 Å². The van der Waals surface area contributed by atoms with Crippen LogP contribution in [0.1, 0.15) is 12.5 Å². The van der Waals surface area contributed by atoms with E-state index >= 15 is 0 Å². The van der Waals surface area contributed by atoms with Gasteiger partial charge in [0.05, 0.1) is 12.8 Å². The van der Waals surface area contributed by atoms with E-state index in [0.717, 1.165) is 10.9 Å². The van der Waals surface area contributed by atoms with Gasteiger partial charge in [0.15, 0.2) is 6.10 Å². The summed E-state index contributed by atoms with van der Waals surface area (Å²) in [6, 6.07) is 11.5. The van der Waals surface area contributed by atoms with Crippen LogP contribution in [0.5, 0.6) is 11.5 Å². The van der Waals surface area contributed by atoms with Crippen LogP contribution in [-0.4, -0.2) is 19.1 Å². The number of methoxy groups -OCH3 is 1. The molecule has 0 spiro atoms. The van der Waals surface area contributed by atoms with Crippen molar-refractivity contribution in [2.45, 2.75) is 20.0 Å². The molecule has 7 heteroatoms. The number of hydrogen-bond acceptors (Lipinski definition) is 5. The molecule has 1 aromatic heterocycles. The first-order chi connectivity index (χ1) is 12.9. The third kappa shape index (κ3) is 4.23. The minimum Gasteiger partial charge on any atom is -0.495 e. The van der Waals surface area contributed by atoms with Crippen LogP contribution in [0.4, 0.5) is 5.69 Å². The van der Waals surface area contributed by atoms with Crippen LogP contribution in [0.2, 0.25) is 5.02 Å². The van der Waals surface area contributed by atoms with Crippen molar-refractivity contribution in [3.8, 4) is 11.5 Å². The summed E-state index contributed by atoms with van der Waals surface area (Å²) in [5.41, 5.74) is 1.23. The molecule has 1 unspecified atom stereocenters. The number of hydrogen-bond donors (Lipinski definition) is 1. The number of carbonyl (C=O) groups excluding carboxylic acids is 1. The molecule has 1 heterocycles. The van der Waals surface area contributed by atoms with Crippen LogP contribution < -0.4 is 20.4 Å². The second-order valence-electron chi connectivity index (χ2n) is 6.00. The molecule has 1 N–H and O–H groups in total. The predicted octanol–water partition coefficient (Wildman–Crippen LogP) is 4.17. The van der Waals surface area contributed by atoms with Gasteiger partial charge in [-0.25, -0.2) is 4.79 Å². The molecule has 0 aliphatic heterocycles. The summed E-state index contributed by atoms with van der Waals surface area (Å²) < 4.78 is 16.1. The first kappa shape index (κ1) is 18.8. The highest BCUT2D eigenvalue weighted by molar-refractivity contribution is 6.31. The summed E-state index contributed by atoms with van der Waals surface area (Å²) in [5, 5.41) is 4.01. The third-order valence-corrected chi connectivity index (χ3v) is 4.26. The molecular formula is C20H18ClNO5. The van der Waals surface area contributed by atoms with Gasteiger partial charge in [0.25, 0.3) is 5.91 Å². The van der Waals surface area contributed by atoms with E-state index < -0.39 is 11.7 Å². The highest BCUT2D eigenvalue weighted by Gasteiger charge is 2.17. The number of benzene rings is 2. The van der Waals surface area contributed by atoms with Crippen LogP contribution in [0.3, 0.4) is 0 Å². The summed E-state index contributed by atoms with van der Waals surface area (Å²) in [7, 11) is 1.50. The molecule has 3 aromatic rings. The van der Waals surface area contributed by atoms with Gasteiger partial charge in [-0.1, -0.05) is 11.6 Å². The van der Waals surface area contributed by atoms with E-state index in [-0.39, 0.29) is 5.91 Å². The van der Waals surface area contributed by atoms with Crippen LogP contribution in [-0.2, 0) is 4.79 Å². The monoisotopic (exact) mass is 387 g/mol. The zero-order valence-electron chi connectivity index (χ0n) is 15.0. The predicted molar refractivity (Wildman–Crippen MR) is 104 cm³/mol. The molecular weight excluding hydrogens is 370 g/mol. The highest BCUT2D eigenvalue weighted by atomic mass is 35.5. The summed E-state index contributed by atoms with van der Waals surface area (Å²) in [5.74, 6) is 0.529. The van der Waals surface area contributed by atoms with Crippen molar-refractivity contribution in [3.63, 3.8) is 0 Å². The van der Waals surface area contributed by atoms with E-state index in [2.05, 4.69) is 5.32 Å². The molecule has 0 aliphatic rings. The fourth-order valence-corrected chi connectivity index (χ4v) is 2.82. The Morgan fingerprint density at radius 1 is 1.19 bits per heavy atom. The Labute approximate surface area is 160 Å². The van der Waals surface area contributed by atoms with Crippen molar-refractivity contribution in [2.75, 3.05) is 12.4 Å². The maximum absolute atomic E-state index is 12.5. The summed E-state index contributed by atoms with van der Waals surface area (Å²) in [4.78, 5) is 24.0. The molecule has 2 aromatic carbocycles. The lowest BCUT2D eigenvalue weighted by Gasteiger charge is -2.16. The zero-order valence-corrected chi connectivity index (χ0v) is 15.8. The number of nitrogens with one attached hydrogen (secondary N) is 1. The normalized spacial score (nSPS) is 11.9. The third-order valence-electron chi connectivity index (χ3n) is 4.02. The molecule has 1 atom stereocenters. The number of ether oxygens (including phenoxy) is 2. The number of aryl methyl sites for hydroxylation is 1. The van der Waals surface area contributed by atoms with Gasteiger partial charge in [0.2, 0.25) is 0 Å². The van der Waals surface area contributed by atoms with Crippen molar-refractivity contribution < 1.29 is 18.7 Å². The minimum atomic E-state index is -0.803. The summed E-state index contributed by atoms with van der Waals surface area (Å²) >= 11 is 5.97. The fourth-order valence-electron chi connectivity index (χ4n) is 2.65. The summed E-state index contributed by atoms with van der Waals surface area (Å²) in [6.07, 6.45) is -0.803. The molecule has 1 amide bonds. The number of halogens is 1. The Hall–Kier alpha value is -2.99. The summed E-state index contributed by atoms with van der Waals surface area (Å²) in [6.45, 7) is 3.44.